The monoisotopic (exact) mass is 530 g/mol. The lowest BCUT2D eigenvalue weighted by Gasteiger charge is -2.56. The molecule has 1 N–H and O–H groups in total. The molecular weight excluding hydrogens is 492 g/mol. The predicted octanol–water partition coefficient (Wildman–Crippen LogP) is 6.45. The third kappa shape index (κ3) is 3.30. The van der Waals surface area contributed by atoms with E-state index in [1.165, 1.54) is 0 Å². The maximum atomic E-state index is 14.5. The molecular formula is C33H38O6. The summed E-state index contributed by atoms with van der Waals surface area (Å²) < 4.78 is 20.3. The van der Waals surface area contributed by atoms with Gasteiger partial charge in [-0.05, 0) is 80.4 Å². The minimum Gasteiger partial charge on any atom is -0.506 e. The minimum atomic E-state index is -1.34. The van der Waals surface area contributed by atoms with Crippen molar-refractivity contribution < 1.29 is 28.9 Å². The van der Waals surface area contributed by atoms with Crippen LogP contribution in [-0.2, 0) is 16.0 Å². The van der Waals surface area contributed by atoms with Gasteiger partial charge in [-0.15, -0.1) is 0 Å². The van der Waals surface area contributed by atoms with Gasteiger partial charge in [-0.1, -0.05) is 29.4 Å². The number of phenols is 1. The number of ketones is 2. The molecule has 1 saturated heterocycles. The van der Waals surface area contributed by atoms with Crippen LogP contribution < -0.4 is 9.47 Å². The van der Waals surface area contributed by atoms with E-state index in [9.17, 15) is 14.7 Å². The number of Topliss-reactive ketones (excluding diaryl/α,β-unsaturated/α-hetero) is 2. The van der Waals surface area contributed by atoms with E-state index >= 15 is 0 Å². The van der Waals surface area contributed by atoms with Gasteiger partial charge in [-0.3, -0.25) is 9.59 Å². The second-order valence-corrected chi connectivity index (χ2v) is 13.3. The lowest BCUT2D eigenvalue weighted by atomic mass is 9.51. The van der Waals surface area contributed by atoms with Crippen molar-refractivity contribution in [3.8, 4) is 17.2 Å². The van der Waals surface area contributed by atoms with Gasteiger partial charge in [0.25, 0.3) is 0 Å². The first-order valence-electron chi connectivity index (χ1n) is 13.9. The zero-order valence-electron chi connectivity index (χ0n) is 24.2. The molecule has 1 aromatic rings. The number of aromatic hydroxyl groups is 1. The quantitative estimate of drug-likeness (QED) is 0.451. The maximum absolute atomic E-state index is 14.5. The number of allylic oxidation sites excluding steroid dienone is 4. The molecule has 3 heterocycles. The Labute approximate surface area is 230 Å². The first-order chi connectivity index (χ1) is 18.1. The van der Waals surface area contributed by atoms with E-state index in [0.29, 0.717) is 47.5 Å². The summed E-state index contributed by atoms with van der Waals surface area (Å²) in [4.78, 5) is 28.6. The van der Waals surface area contributed by atoms with Gasteiger partial charge in [0, 0.05) is 29.4 Å². The predicted molar refractivity (Wildman–Crippen MR) is 149 cm³/mol. The van der Waals surface area contributed by atoms with E-state index in [1.807, 2.05) is 73.6 Å². The Hall–Kier alpha value is -3.12. The molecule has 3 aliphatic carbocycles. The van der Waals surface area contributed by atoms with Crippen LogP contribution in [-0.4, -0.2) is 39.1 Å². The minimum absolute atomic E-state index is 0.0322. The van der Waals surface area contributed by atoms with Gasteiger partial charge in [0.1, 0.15) is 28.4 Å². The van der Waals surface area contributed by atoms with Crippen LogP contribution in [0.3, 0.4) is 0 Å². The third-order valence-electron chi connectivity index (χ3n) is 9.13. The number of fused-ring (bicyclic) bond motifs is 2. The molecule has 0 radical (unpaired) electrons. The van der Waals surface area contributed by atoms with Crippen LogP contribution in [0.25, 0.3) is 6.08 Å². The molecule has 4 bridgehead atoms. The maximum Gasteiger partial charge on any atom is 0.200 e. The Morgan fingerprint density at radius 3 is 2.38 bits per heavy atom. The number of hydrogen-bond donors (Lipinski definition) is 1. The van der Waals surface area contributed by atoms with Crippen molar-refractivity contribution in [3.05, 3.63) is 57.7 Å². The highest BCUT2D eigenvalue weighted by atomic mass is 16.6. The van der Waals surface area contributed by atoms with Crippen LogP contribution in [0.5, 0.6) is 17.2 Å². The van der Waals surface area contributed by atoms with Crippen molar-refractivity contribution in [3.63, 3.8) is 0 Å². The fraction of sp³-hybridized carbons (Fsp3) is 0.515. The van der Waals surface area contributed by atoms with Crippen molar-refractivity contribution in [1.82, 2.24) is 0 Å². The van der Waals surface area contributed by atoms with Gasteiger partial charge >= 0.3 is 0 Å². The first-order valence-corrected chi connectivity index (χ1v) is 13.9. The van der Waals surface area contributed by atoms with E-state index in [1.54, 1.807) is 6.08 Å². The van der Waals surface area contributed by atoms with Gasteiger partial charge in [0.15, 0.2) is 22.8 Å². The van der Waals surface area contributed by atoms with Crippen molar-refractivity contribution in [2.75, 3.05) is 0 Å². The van der Waals surface area contributed by atoms with E-state index in [4.69, 9.17) is 14.2 Å². The number of phenolic OH excluding ortho intramolecular Hbond substituents is 1. The van der Waals surface area contributed by atoms with Gasteiger partial charge in [-0.2, -0.15) is 0 Å². The third-order valence-corrected chi connectivity index (χ3v) is 9.13. The second kappa shape index (κ2) is 7.97. The highest BCUT2D eigenvalue weighted by Gasteiger charge is 2.81. The molecule has 1 spiro atoms. The largest absolute Gasteiger partial charge is 0.506 e. The average molecular weight is 531 g/mol. The summed E-state index contributed by atoms with van der Waals surface area (Å²) in [6.45, 7) is 15.9. The Morgan fingerprint density at radius 2 is 1.72 bits per heavy atom. The molecule has 6 aliphatic rings. The Morgan fingerprint density at radius 1 is 1.03 bits per heavy atom. The Kier molecular flexibility index (Phi) is 5.34. The number of benzene rings is 1. The molecule has 1 saturated carbocycles. The molecule has 0 amide bonds. The summed E-state index contributed by atoms with van der Waals surface area (Å²) in [6.07, 6.45) is 10.9. The Balaban J connectivity index is 1.67. The fourth-order valence-electron chi connectivity index (χ4n) is 7.41. The summed E-state index contributed by atoms with van der Waals surface area (Å²) in [6, 6.07) is 0. The smallest absolute Gasteiger partial charge is 0.200 e. The molecule has 6 nitrogen and oxygen atoms in total. The summed E-state index contributed by atoms with van der Waals surface area (Å²) in [5.41, 5.74) is -0.00322. The van der Waals surface area contributed by atoms with Crippen molar-refractivity contribution in [2.45, 2.75) is 97.1 Å². The Bertz CT molecular complexity index is 1460. The zero-order chi connectivity index (χ0) is 28.3. The first kappa shape index (κ1) is 26.1. The summed E-state index contributed by atoms with van der Waals surface area (Å²) >= 11 is 0. The van der Waals surface area contributed by atoms with E-state index in [2.05, 4.69) is 6.08 Å². The molecule has 0 aromatic heterocycles. The van der Waals surface area contributed by atoms with Crippen LogP contribution in [0.2, 0.25) is 0 Å². The van der Waals surface area contributed by atoms with Crippen molar-refractivity contribution in [1.29, 1.82) is 0 Å². The van der Waals surface area contributed by atoms with Crippen molar-refractivity contribution >= 4 is 17.6 Å². The highest BCUT2D eigenvalue weighted by Crippen LogP contribution is 2.68. The standard InChI is InChI=1S/C33H38O6/c1-17(2)9-10-21-27-20(12-13-30(5,6)37-27)25(34)24-26(35)22-15-19-16-23-31(7,8)39-32(29(19)36,14-11-18(3)4)33(22,23)38-28(21)24/h9,11-13,15,19,23,34H,10,14,16H2,1-8H3/t19-,23?,32?,33-/m1/s1. The number of carbonyl (C=O) groups excluding carboxylic acids is 2. The number of ether oxygens (including phenoxy) is 3. The number of rotatable bonds is 4. The SMILES string of the molecule is CC(C)=CCc1c2c(c(O)c3c1O[C@]14C(=C[C@@H]5CC1C(C)(C)OC4(CC=C(C)C)C5=O)C3=O)C=CC(C)(C)O2. The van der Waals surface area contributed by atoms with Crippen LogP contribution in [0, 0.1) is 11.8 Å². The molecule has 4 atom stereocenters. The highest BCUT2D eigenvalue weighted by molar-refractivity contribution is 6.19. The zero-order valence-corrected chi connectivity index (χ0v) is 24.2. The molecule has 3 aliphatic heterocycles. The van der Waals surface area contributed by atoms with E-state index < -0.39 is 28.3 Å². The van der Waals surface area contributed by atoms with Gasteiger partial charge in [0.05, 0.1) is 11.2 Å². The average Bonchev–Trinajstić information content (AvgIpc) is 2.99. The van der Waals surface area contributed by atoms with Gasteiger partial charge in [-0.25, -0.2) is 0 Å². The topological polar surface area (TPSA) is 82.1 Å². The van der Waals surface area contributed by atoms with Crippen LogP contribution in [0.15, 0.2) is 41.0 Å². The molecule has 206 valence electrons. The molecule has 7 rings (SSSR count). The molecule has 2 unspecified atom stereocenters. The lowest BCUT2D eigenvalue weighted by molar-refractivity contribution is -0.171. The van der Waals surface area contributed by atoms with Crippen molar-refractivity contribution in [2.24, 2.45) is 11.8 Å². The summed E-state index contributed by atoms with van der Waals surface area (Å²) in [5.74, 6) is -0.308. The molecule has 39 heavy (non-hydrogen) atoms. The van der Waals surface area contributed by atoms with Gasteiger partial charge in [0.2, 0.25) is 0 Å². The van der Waals surface area contributed by atoms with Crippen LogP contribution in [0.4, 0.5) is 0 Å². The lowest BCUT2D eigenvalue weighted by Crippen LogP contribution is -2.72. The molecule has 1 aromatic carbocycles. The van der Waals surface area contributed by atoms with Crippen LogP contribution in [0.1, 0.15) is 89.7 Å². The van der Waals surface area contributed by atoms with E-state index in [0.717, 1.165) is 11.1 Å². The van der Waals surface area contributed by atoms with Crippen LogP contribution >= 0.6 is 0 Å². The van der Waals surface area contributed by atoms with E-state index in [-0.39, 0.29) is 28.8 Å². The second-order valence-electron chi connectivity index (χ2n) is 13.3. The normalized spacial score (nSPS) is 31.8. The number of carbonyl (C=O) groups is 2. The summed E-state index contributed by atoms with van der Waals surface area (Å²) in [7, 11) is 0. The summed E-state index contributed by atoms with van der Waals surface area (Å²) in [5, 5.41) is 11.5. The van der Waals surface area contributed by atoms with Gasteiger partial charge < -0.3 is 19.3 Å². The molecule has 6 heteroatoms. The molecule has 2 fully saturated rings. The fourth-order valence-corrected chi connectivity index (χ4v) is 7.41. The number of hydrogen-bond acceptors (Lipinski definition) is 6.